The molecule has 3 amide bonds. The monoisotopic (exact) mass is 687 g/mol. The Labute approximate surface area is 293 Å². The summed E-state index contributed by atoms with van der Waals surface area (Å²) in [5, 5.41) is 6.93. The summed E-state index contributed by atoms with van der Waals surface area (Å²) < 4.78 is 18.9. The number of carbonyl (C=O) groups is 3. The topological polar surface area (TPSA) is 155 Å². The van der Waals surface area contributed by atoms with Crippen LogP contribution < -0.4 is 10.6 Å². The van der Waals surface area contributed by atoms with Gasteiger partial charge in [0.05, 0.1) is 11.2 Å². The van der Waals surface area contributed by atoms with Crippen LogP contribution in [-0.2, 0) is 21.3 Å². The second kappa shape index (κ2) is 13.4. The molecule has 0 atom stereocenters. The number of aromatic nitrogens is 4. The molecule has 1 aliphatic carbocycles. The lowest BCUT2D eigenvalue weighted by molar-refractivity contribution is -0.0115. The lowest BCUT2D eigenvalue weighted by atomic mass is 9.89. The van der Waals surface area contributed by atoms with E-state index in [0.717, 1.165) is 32.3 Å². The zero-order valence-electron chi connectivity index (χ0n) is 30.7. The Kier molecular flexibility index (Phi) is 9.75. The summed E-state index contributed by atoms with van der Waals surface area (Å²) in [6.07, 6.45) is 1.27. The van der Waals surface area contributed by atoms with Crippen LogP contribution in [0.25, 0.3) is 32.9 Å². The van der Waals surface area contributed by atoms with Gasteiger partial charge in [-0.3, -0.25) is 4.68 Å². The lowest BCUT2D eigenvalue weighted by Gasteiger charge is -2.39. The molecule has 13 heteroatoms. The van der Waals surface area contributed by atoms with Crippen LogP contribution in [0.3, 0.4) is 0 Å². The normalized spacial score (nSPS) is 17.0. The van der Waals surface area contributed by atoms with Crippen LogP contribution in [0.5, 0.6) is 0 Å². The molecule has 5 rings (SSSR count). The average molecular weight is 688 g/mol. The van der Waals surface area contributed by atoms with Gasteiger partial charge in [-0.15, -0.1) is 0 Å². The Morgan fingerprint density at radius 1 is 0.780 bits per heavy atom. The number of benzene rings is 2. The van der Waals surface area contributed by atoms with E-state index < -0.39 is 41.1 Å². The standard InChI is InChI=1S/C37H49N7O6/c1-35(2,3)48-32(45)43(23-15-17-24(18-16-23)44(33(46)49-36(4,5)6)34(47)50-37(7,8)9)31-39-21-22-19-27(28-20-29(38)41-42(28)10)25-13-11-12-14-26(25)30(22)40-31/h11-14,19-21,23-24H,15-18H2,1-10H3,(H2,38,41). The fourth-order valence-corrected chi connectivity index (χ4v) is 6.21. The van der Waals surface area contributed by atoms with Gasteiger partial charge in [0.2, 0.25) is 5.95 Å². The third kappa shape index (κ3) is 8.26. The van der Waals surface area contributed by atoms with Crippen LogP contribution in [0.2, 0.25) is 0 Å². The number of carbonyl (C=O) groups excluding carboxylic acids is 3. The van der Waals surface area contributed by atoms with Gasteiger partial charge in [0.15, 0.2) is 0 Å². The molecule has 1 saturated carbocycles. The van der Waals surface area contributed by atoms with Crippen LogP contribution in [0.1, 0.15) is 88.0 Å². The number of imide groups is 1. The number of nitrogens with zero attached hydrogens (tertiary/aromatic N) is 6. The van der Waals surface area contributed by atoms with Gasteiger partial charge < -0.3 is 19.9 Å². The SMILES string of the molecule is Cn1nc(N)cc1-c1cc2cnc(N(C(=O)OC(C)(C)C)C3CCC(N(C(=O)OC(C)(C)C)C(=O)OC(C)(C)C)CC3)nc2c2ccccc12. The van der Waals surface area contributed by atoms with E-state index in [1.54, 1.807) is 73.2 Å². The molecule has 2 aromatic heterocycles. The first-order valence-corrected chi connectivity index (χ1v) is 17.0. The van der Waals surface area contributed by atoms with Gasteiger partial charge in [-0.25, -0.2) is 34.2 Å². The molecule has 0 saturated heterocycles. The minimum absolute atomic E-state index is 0.203. The minimum atomic E-state index is -0.814. The van der Waals surface area contributed by atoms with Crippen molar-refractivity contribution >= 4 is 51.7 Å². The van der Waals surface area contributed by atoms with E-state index >= 15 is 0 Å². The molecule has 50 heavy (non-hydrogen) atoms. The van der Waals surface area contributed by atoms with Crippen molar-refractivity contribution in [2.75, 3.05) is 10.6 Å². The number of aryl methyl sites for hydroxylation is 1. The predicted molar refractivity (Wildman–Crippen MR) is 193 cm³/mol. The van der Waals surface area contributed by atoms with Crippen LogP contribution in [0, 0.1) is 0 Å². The molecule has 1 aliphatic rings. The highest BCUT2D eigenvalue weighted by Crippen LogP contribution is 2.37. The number of amides is 3. The number of hydrogen-bond donors (Lipinski definition) is 1. The van der Waals surface area contributed by atoms with Gasteiger partial charge >= 0.3 is 18.3 Å². The van der Waals surface area contributed by atoms with E-state index in [1.807, 2.05) is 43.4 Å². The fourth-order valence-electron chi connectivity index (χ4n) is 6.21. The Bertz CT molecular complexity index is 1880. The van der Waals surface area contributed by atoms with Crippen molar-refractivity contribution in [1.29, 1.82) is 0 Å². The molecule has 2 heterocycles. The largest absolute Gasteiger partial charge is 0.443 e. The Morgan fingerprint density at radius 2 is 1.30 bits per heavy atom. The third-order valence-electron chi connectivity index (χ3n) is 8.13. The number of ether oxygens (including phenoxy) is 3. The molecule has 1 fully saturated rings. The molecule has 13 nitrogen and oxygen atoms in total. The predicted octanol–water partition coefficient (Wildman–Crippen LogP) is 7.99. The van der Waals surface area contributed by atoms with Crippen LogP contribution >= 0.6 is 0 Å². The van der Waals surface area contributed by atoms with Crippen LogP contribution in [0.4, 0.5) is 26.1 Å². The van der Waals surface area contributed by atoms with Gasteiger partial charge in [0.25, 0.3) is 0 Å². The van der Waals surface area contributed by atoms with E-state index in [2.05, 4.69) is 5.10 Å². The van der Waals surface area contributed by atoms with Gasteiger partial charge in [0.1, 0.15) is 22.6 Å². The van der Waals surface area contributed by atoms with Gasteiger partial charge in [-0.1, -0.05) is 24.3 Å². The van der Waals surface area contributed by atoms with Crippen molar-refractivity contribution in [2.45, 2.75) is 117 Å². The summed E-state index contributed by atoms with van der Waals surface area (Å²) in [5.74, 6) is 0.621. The first-order valence-electron chi connectivity index (χ1n) is 17.0. The summed E-state index contributed by atoms with van der Waals surface area (Å²) in [6.45, 7) is 15.9. The number of rotatable bonds is 4. The highest BCUT2D eigenvalue weighted by molar-refractivity contribution is 6.12. The fraction of sp³-hybridized carbons (Fsp3) is 0.514. The average Bonchev–Trinajstić information content (AvgIpc) is 3.32. The molecule has 2 aromatic carbocycles. The summed E-state index contributed by atoms with van der Waals surface area (Å²) >= 11 is 0. The first kappa shape index (κ1) is 36.3. The molecule has 2 N–H and O–H groups in total. The number of nitrogens with two attached hydrogens (primary N) is 1. The Morgan fingerprint density at radius 3 is 1.82 bits per heavy atom. The summed E-state index contributed by atoms with van der Waals surface area (Å²) in [5.41, 5.74) is 6.07. The summed E-state index contributed by atoms with van der Waals surface area (Å²) in [4.78, 5) is 52.9. The van der Waals surface area contributed by atoms with Gasteiger partial charge in [-0.2, -0.15) is 5.10 Å². The lowest BCUT2D eigenvalue weighted by Crippen LogP contribution is -2.52. The Hall–Kier alpha value is -4.94. The molecule has 0 bridgehead atoms. The number of hydrogen-bond acceptors (Lipinski definition) is 10. The second-order valence-corrected chi connectivity index (χ2v) is 15.8. The van der Waals surface area contributed by atoms with Gasteiger partial charge in [-0.05, 0) is 99.4 Å². The van der Waals surface area contributed by atoms with Gasteiger partial charge in [0, 0.05) is 47.7 Å². The maximum atomic E-state index is 13.9. The molecule has 268 valence electrons. The smallest absolute Gasteiger partial charge is 0.420 e. The summed E-state index contributed by atoms with van der Waals surface area (Å²) in [7, 11) is 1.85. The van der Waals surface area contributed by atoms with E-state index in [1.165, 1.54) is 4.90 Å². The zero-order valence-corrected chi connectivity index (χ0v) is 30.7. The van der Waals surface area contributed by atoms with Crippen molar-refractivity contribution in [1.82, 2.24) is 24.6 Å². The maximum absolute atomic E-state index is 13.9. The van der Waals surface area contributed by atoms with E-state index in [-0.39, 0.29) is 12.0 Å². The van der Waals surface area contributed by atoms with Crippen molar-refractivity contribution in [2.24, 2.45) is 7.05 Å². The molecular weight excluding hydrogens is 638 g/mol. The summed E-state index contributed by atoms with van der Waals surface area (Å²) in [6, 6.07) is 10.9. The third-order valence-corrected chi connectivity index (χ3v) is 8.13. The molecule has 0 unspecified atom stereocenters. The van der Waals surface area contributed by atoms with Crippen LogP contribution in [-0.4, -0.2) is 71.8 Å². The van der Waals surface area contributed by atoms with Crippen molar-refractivity contribution in [3.8, 4) is 11.3 Å². The first-order chi connectivity index (χ1) is 23.2. The number of anilines is 2. The molecule has 4 aromatic rings. The minimum Gasteiger partial charge on any atom is -0.443 e. The maximum Gasteiger partial charge on any atom is 0.420 e. The van der Waals surface area contributed by atoms with E-state index in [0.29, 0.717) is 37.0 Å². The molecule has 0 radical (unpaired) electrons. The van der Waals surface area contributed by atoms with Crippen molar-refractivity contribution in [3.63, 3.8) is 0 Å². The van der Waals surface area contributed by atoms with Crippen LogP contribution in [0.15, 0.2) is 42.6 Å². The van der Waals surface area contributed by atoms with E-state index in [9.17, 15) is 14.4 Å². The zero-order chi connectivity index (χ0) is 36.8. The van der Waals surface area contributed by atoms with E-state index in [4.69, 9.17) is 29.9 Å². The van der Waals surface area contributed by atoms with Crippen molar-refractivity contribution < 1.29 is 28.6 Å². The molecule has 0 aliphatic heterocycles. The quantitative estimate of drug-likeness (QED) is 0.165. The number of fused-ring (bicyclic) bond motifs is 3. The Balaban J connectivity index is 1.51. The highest BCUT2D eigenvalue weighted by atomic mass is 16.6. The second-order valence-electron chi connectivity index (χ2n) is 15.8. The molecular formula is C37H49N7O6. The number of nitrogen functional groups attached to an aromatic ring is 1. The molecule has 0 spiro atoms. The highest BCUT2D eigenvalue weighted by Gasteiger charge is 2.41. The van der Waals surface area contributed by atoms with Crippen molar-refractivity contribution in [3.05, 3.63) is 42.6 Å².